The molecule has 3 rings (SSSR count). The molecule has 23 heavy (non-hydrogen) atoms. The van der Waals surface area contributed by atoms with E-state index in [-0.39, 0.29) is 29.3 Å². The predicted octanol–water partition coefficient (Wildman–Crippen LogP) is 2.90. The second-order valence-electron chi connectivity index (χ2n) is 5.76. The Kier molecular flexibility index (Phi) is 4.19. The van der Waals surface area contributed by atoms with Gasteiger partial charge in [0.15, 0.2) is 16.2 Å². The van der Waals surface area contributed by atoms with Crippen molar-refractivity contribution in [2.75, 3.05) is 7.11 Å². The highest BCUT2D eigenvalue weighted by Gasteiger charge is 2.52. The number of hydrogen-bond acceptors (Lipinski definition) is 5. The molecule has 0 saturated carbocycles. The van der Waals surface area contributed by atoms with Crippen LogP contribution in [0.4, 0.5) is 0 Å². The summed E-state index contributed by atoms with van der Waals surface area (Å²) in [5, 5.41) is 0. The van der Waals surface area contributed by atoms with E-state index in [1.807, 2.05) is 30.4 Å². The molecular formula is C17H17BrO5. The topological polar surface area (TPSA) is 61.8 Å². The van der Waals surface area contributed by atoms with Crippen LogP contribution in [0.3, 0.4) is 0 Å². The molecule has 122 valence electrons. The van der Waals surface area contributed by atoms with Gasteiger partial charge in [-0.25, -0.2) is 0 Å². The highest BCUT2D eigenvalue weighted by molar-refractivity contribution is 9.18. The van der Waals surface area contributed by atoms with Crippen LogP contribution >= 0.6 is 15.9 Å². The first kappa shape index (κ1) is 16.1. The number of esters is 1. The Balaban J connectivity index is 2.04. The Hall–Kier alpha value is -1.82. The molecule has 1 aliphatic carbocycles. The molecule has 1 heterocycles. The zero-order valence-electron chi connectivity index (χ0n) is 12.9. The van der Waals surface area contributed by atoms with Crippen LogP contribution in [0.25, 0.3) is 0 Å². The van der Waals surface area contributed by atoms with E-state index >= 15 is 0 Å². The first-order valence-electron chi connectivity index (χ1n) is 7.35. The molecule has 0 unspecified atom stereocenters. The van der Waals surface area contributed by atoms with Crippen molar-refractivity contribution in [3.05, 3.63) is 35.9 Å². The van der Waals surface area contributed by atoms with Crippen molar-refractivity contribution < 1.29 is 23.8 Å². The van der Waals surface area contributed by atoms with Gasteiger partial charge in [-0.05, 0) is 28.1 Å². The van der Waals surface area contributed by atoms with Crippen LogP contribution in [0.15, 0.2) is 30.4 Å². The van der Waals surface area contributed by atoms with E-state index in [0.717, 1.165) is 5.56 Å². The fraction of sp³-hybridized carbons (Fsp3) is 0.412. The van der Waals surface area contributed by atoms with Gasteiger partial charge >= 0.3 is 5.97 Å². The maximum absolute atomic E-state index is 11.8. The van der Waals surface area contributed by atoms with Crippen molar-refractivity contribution in [3.8, 4) is 11.5 Å². The summed E-state index contributed by atoms with van der Waals surface area (Å²) >= 11 is 3.04. The van der Waals surface area contributed by atoms with Crippen molar-refractivity contribution in [2.24, 2.45) is 0 Å². The van der Waals surface area contributed by atoms with Gasteiger partial charge in [0.1, 0.15) is 12.2 Å². The molecule has 3 atom stereocenters. The third-order valence-electron chi connectivity index (χ3n) is 4.34. The zero-order chi connectivity index (χ0) is 16.6. The number of carbonyl (C=O) groups excluding carboxylic acids is 2. The maximum Gasteiger partial charge on any atom is 0.303 e. The Bertz CT molecular complexity index is 684. The Morgan fingerprint density at radius 2 is 2.22 bits per heavy atom. The molecule has 0 radical (unpaired) electrons. The Morgan fingerprint density at radius 1 is 1.43 bits per heavy atom. The van der Waals surface area contributed by atoms with E-state index in [0.29, 0.717) is 17.9 Å². The van der Waals surface area contributed by atoms with Crippen LogP contribution in [0, 0.1) is 0 Å². The molecule has 0 fully saturated rings. The van der Waals surface area contributed by atoms with Crippen LogP contribution in [0.5, 0.6) is 11.5 Å². The van der Waals surface area contributed by atoms with Gasteiger partial charge < -0.3 is 14.2 Å². The number of ether oxygens (including phenoxy) is 3. The van der Waals surface area contributed by atoms with Crippen molar-refractivity contribution in [2.45, 2.75) is 37.4 Å². The number of rotatable bonds is 4. The van der Waals surface area contributed by atoms with E-state index in [1.165, 1.54) is 6.92 Å². The summed E-state index contributed by atoms with van der Waals surface area (Å²) in [4.78, 5) is 23.0. The fourth-order valence-electron chi connectivity index (χ4n) is 3.41. The Morgan fingerprint density at radius 3 is 2.87 bits per heavy atom. The van der Waals surface area contributed by atoms with Gasteiger partial charge in [-0.15, -0.1) is 0 Å². The van der Waals surface area contributed by atoms with Crippen LogP contribution < -0.4 is 9.47 Å². The van der Waals surface area contributed by atoms with Gasteiger partial charge in [0.05, 0.1) is 12.5 Å². The normalized spacial score (nSPS) is 27.6. The lowest BCUT2D eigenvalue weighted by atomic mass is 9.70. The van der Waals surface area contributed by atoms with Gasteiger partial charge in [0.2, 0.25) is 0 Å². The minimum absolute atomic E-state index is 0.0997. The first-order valence-corrected chi connectivity index (χ1v) is 8.14. The van der Waals surface area contributed by atoms with Crippen molar-refractivity contribution in [3.63, 3.8) is 0 Å². The minimum Gasteiger partial charge on any atom is -0.493 e. The summed E-state index contributed by atoms with van der Waals surface area (Å²) in [6, 6.07) is 5.66. The second-order valence-corrected chi connectivity index (χ2v) is 6.64. The van der Waals surface area contributed by atoms with Gasteiger partial charge in [0.25, 0.3) is 0 Å². The summed E-state index contributed by atoms with van der Waals surface area (Å²) in [6.45, 7) is 1.38. The van der Waals surface area contributed by atoms with E-state index < -0.39 is 5.41 Å². The number of carbonyl (C=O) groups is 2. The summed E-state index contributed by atoms with van der Waals surface area (Å²) in [6.07, 6.45) is 3.89. The first-order chi connectivity index (χ1) is 11.0. The number of hydrogen-bond donors (Lipinski definition) is 0. The summed E-state index contributed by atoms with van der Waals surface area (Å²) in [7, 11) is 1.58. The summed E-state index contributed by atoms with van der Waals surface area (Å²) in [5.74, 6) is 0.953. The van der Waals surface area contributed by atoms with E-state index in [1.54, 1.807) is 7.11 Å². The van der Waals surface area contributed by atoms with Crippen molar-refractivity contribution in [1.82, 2.24) is 0 Å². The van der Waals surface area contributed by atoms with Gasteiger partial charge in [-0.1, -0.05) is 18.2 Å². The Labute approximate surface area is 142 Å². The number of halogens is 1. The number of benzene rings is 1. The summed E-state index contributed by atoms with van der Waals surface area (Å²) < 4.78 is 16.7. The molecule has 6 heteroatoms. The van der Waals surface area contributed by atoms with E-state index in [4.69, 9.17) is 14.2 Å². The molecule has 0 bridgehead atoms. The molecule has 0 N–H and O–H groups in total. The summed E-state index contributed by atoms with van der Waals surface area (Å²) in [5.41, 5.74) is 0.355. The monoisotopic (exact) mass is 380 g/mol. The molecule has 1 aromatic rings. The highest BCUT2D eigenvalue weighted by Crippen LogP contribution is 2.53. The van der Waals surface area contributed by atoms with Crippen LogP contribution in [-0.4, -0.2) is 30.0 Å². The number of methoxy groups -OCH3 is 1. The third-order valence-corrected chi connectivity index (χ3v) is 4.62. The lowest BCUT2D eigenvalue weighted by molar-refractivity contribution is -0.145. The van der Waals surface area contributed by atoms with Gasteiger partial charge in [-0.2, -0.15) is 0 Å². The van der Waals surface area contributed by atoms with Crippen LogP contribution in [-0.2, 0) is 19.7 Å². The molecule has 0 spiro atoms. The molecule has 2 aliphatic rings. The molecule has 1 aliphatic heterocycles. The average molecular weight is 381 g/mol. The average Bonchev–Trinajstić information content (AvgIpc) is 2.79. The van der Waals surface area contributed by atoms with Crippen molar-refractivity contribution >= 4 is 26.6 Å². The predicted molar refractivity (Wildman–Crippen MR) is 87.0 cm³/mol. The molecule has 0 aromatic heterocycles. The molecular weight excluding hydrogens is 364 g/mol. The number of para-hydroxylation sites is 1. The maximum atomic E-state index is 11.8. The van der Waals surface area contributed by atoms with E-state index in [2.05, 4.69) is 15.9 Å². The molecule has 0 amide bonds. The van der Waals surface area contributed by atoms with Crippen LogP contribution in [0.1, 0.15) is 25.3 Å². The lowest BCUT2D eigenvalue weighted by Crippen LogP contribution is -2.43. The van der Waals surface area contributed by atoms with Gasteiger partial charge in [0, 0.05) is 25.3 Å². The molecule has 0 saturated heterocycles. The standard InChI is InChI=1S/C17H17BrO5/c1-10(19)22-11-6-7-17(9-15(18)20)12-4-3-5-13(21-2)16(12)23-14(17)8-11/h3-7,11,14H,8-9H2,1-2H3/t11-,14-,17+/m0/s1. The quantitative estimate of drug-likeness (QED) is 0.456. The zero-order valence-corrected chi connectivity index (χ0v) is 14.5. The largest absolute Gasteiger partial charge is 0.493 e. The third kappa shape index (κ3) is 2.76. The van der Waals surface area contributed by atoms with Crippen molar-refractivity contribution in [1.29, 1.82) is 0 Å². The van der Waals surface area contributed by atoms with E-state index in [9.17, 15) is 9.59 Å². The molecule has 5 nitrogen and oxygen atoms in total. The fourth-order valence-corrected chi connectivity index (χ4v) is 3.87. The van der Waals surface area contributed by atoms with Gasteiger partial charge in [-0.3, -0.25) is 9.59 Å². The highest BCUT2D eigenvalue weighted by atomic mass is 79.9. The van der Waals surface area contributed by atoms with Crippen LogP contribution in [0.2, 0.25) is 0 Å². The number of fused-ring (bicyclic) bond motifs is 3. The smallest absolute Gasteiger partial charge is 0.303 e. The minimum atomic E-state index is -0.568. The SMILES string of the molecule is COc1cccc2c1O[C@H]1C[C@@H](OC(C)=O)C=C[C@@]21CC(=O)Br. The second kappa shape index (κ2) is 6.00. The molecule has 1 aromatic carbocycles. The lowest BCUT2D eigenvalue weighted by Gasteiger charge is -2.35.